The van der Waals surface area contributed by atoms with Crippen molar-refractivity contribution in [2.75, 3.05) is 17.2 Å². The summed E-state index contributed by atoms with van der Waals surface area (Å²) in [7, 11) is 0. The fourth-order valence-electron chi connectivity index (χ4n) is 4.77. The minimum Gasteiger partial charge on any atom is -0.384 e. The molecule has 0 aliphatic carbocycles. The number of nitrogen functional groups attached to an aromatic ring is 1. The van der Waals surface area contributed by atoms with E-state index in [1.807, 2.05) is 26.0 Å². The maximum atomic E-state index is 14.5. The largest absolute Gasteiger partial charge is 0.384 e. The van der Waals surface area contributed by atoms with Crippen LogP contribution in [0.25, 0.3) is 22.0 Å². The highest BCUT2D eigenvalue weighted by molar-refractivity contribution is 5.88. The molecule has 6 heteroatoms. The lowest BCUT2D eigenvalue weighted by Crippen LogP contribution is -2.27. The van der Waals surface area contributed by atoms with E-state index in [0.29, 0.717) is 24.4 Å². The van der Waals surface area contributed by atoms with E-state index in [4.69, 9.17) is 5.73 Å². The summed E-state index contributed by atoms with van der Waals surface area (Å²) in [5.41, 5.74) is 13.3. The molecular formula is C29H28FN5. The first-order valence-corrected chi connectivity index (χ1v) is 11.7. The molecule has 0 aliphatic rings. The summed E-state index contributed by atoms with van der Waals surface area (Å²) in [5.74, 6) is 0.968. The van der Waals surface area contributed by atoms with Crippen molar-refractivity contribution in [3.05, 3.63) is 107 Å². The van der Waals surface area contributed by atoms with Crippen LogP contribution in [0.3, 0.4) is 0 Å². The Kier molecular flexibility index (Phi) is 6.19. The van der Waals surface area contributed by atoms with Crippen LogP contribution in [0.5, 0.6) is 0 Å². The van der Waals surface area contributed by atoms with Crippen molar-refractivity contribution < 1.29 is 4.39 Å². The lowest BCUT2D eigenvalue weighted by molar-refractivity contribution is 0.637. The van der Waals surface area contributed by atoms with Crippen LogP contribution < -0.4 is 10.6 Å². The number of nitrogens with two attached hydrogens (primary N) is 1. The Labute approximate surface area is 204 Å². The van der Waals surface area contributed by atoms with Crippen molar-refractivity contribution in [3.63, 3.8) is 0 Å². The Bertz CT molecular complexity index is 1480. The number of aromatic amines is 1. The molecule has 0 unspecified atom stereocenters. The van der Waals surface area contributed by atoms with E-state index in [9.17, 15) is 4.39 Å². The molecule has 176 valence electrons. The van der Waals surface area contributed by atoms with Gasteiger partial charge in [0.25, 0.3) is 0 Å². The number of halogens is 1. The van der Waals surface area contributed by atoms with Crippen molar-refractivity contribution in [2.24, 2.45) is 0 Å². The fourth-order valence-corrected chi connectivity index (χ4v) is 4.77. The summed E-state index contributed by atoms with van der Waals surface area (Å²) in [4.78, 5) is 14.1. The number of anilines is 2. The summed E-state index contributed by atoms with van der Waals surface area (Å²) < 4.78 is 14.5. The summed E-state index contributed by atoms with van der Waals surface area (Å²) >= 11 is 0. The van der Waals surface area contributed by atoms with Gasteiger partial charge < -0.3 is 15.6 Å². The number of hydrogen-bond donors (Lipinski definition) is 2. The molecule has 0 saturated heterocycles. The van der Waals surface area contributed by atoms with Crippen LogP contribution >= 0.6 is 0 Å². The van der Waals surface area contributed by atoms with E-state index in [-0.39, 0.29) is 5.82 Å². The number of benzene rings is 3. The van der Waals surface area contributed by atoms with Gasteiger partial charge in [0.15, 0.2) is 0 Å². The maximum Gasteiger partial charge on any atom is 0.147 e. The molecule has 0 spiro atoms. The predicted molar refractivity (Wildman–Crippen MR) is 141 cm³/mol. The van der Waals surface area contributed by atoms with E-state index in [0.717, 1.165) is 34.4 Å². The van der Waals surface area contributed by atoms with E-state index in [1.54, 1.807) is 6.07 Å². The minimum atomic E-state index is -0.225. The first kappa shape index (κ1) is 22.6. The van der Waals surface area contributed by atoms with Crippen molar-refractivity contribution in [2.45, 2.75) is 26.8 Å². The second kappa shape index (κ2) is 9.58. The number of rotatable bonds is 7. The zero-order valence-corrected chi connectivity index (χ0v) is 19.9. The van der Waals surface area contributed by atoms with Gasteiger partial charge in [-0.05, 0) is 54.2 Å². The molecule has 0 aliphatic heterocycles. The highest BCUT2D eigenvalue weighted by Gasteiger charge is 2.17. The normalized spacial score (nSPS) is 11.2. The van der Waals surface area contributed by atoms with Gasteiger partial charge >= 0.3 is 0 Å². The first-order valence-electron chi connectivity index (χ1n) is 11.7. The fraction of sp³-hybridized carbons (Fsp3) is 0.172. The van der Waals surface area contributed by atoms with Crippen molar-refractivity contribution >= 4 is 22.5 Å². The quantitative estimate of drug-likeness (QED) is 0.300. The SMILES string of the molecule is Cc1[nH]c2c(F)ccc(C)c2c1CCN(Cc1ccccc1-c1ccccc1)c1cc(N)ncn1. The van der Waals surface area contributed by atoms with Gasteiger partial charge in [-0.2, -0.15) is 0 Å². The van der Waals surface area contributed by atoms with E-state index < -0.39 is 0 Å². The summed E-state index contributed by atoms with van der Waals surface area (Å²) in [6, 6.07) is 24.0. The zero-order valence-electron chi connectivity index (χ0n) is 19.9. The molecule has 3 N–H and O–H groups in total. The maximum absolute atomic E-state index is 14.5. The zero-order chi connectivity index (χ0) is 24.4. The third-order valence-corrected chi connectivity index (χ3v) is 6.52. The van der Waals surface area contributed by atoms with E-state index in [2.05, 4.69) is 68.4 Å². The summed E-state index contributed by atoms with van der Waals surface area (Å²) in [6.45, 7) is 5.36. The van der Waals surface area contributed by atoms with Crippen molar-refractivity contribution in [1.82, 2.24) is 15.0 Å². The molecule has 35 heavy (non-hydrogen) atoms. The Morgan fingerprint density at radius 3 is 2.51 bits per heavy atom. The number of aryl methyl sites for hydroxylation is 2. The number of nitrogens with zero attached hydrogens (tertiary/aromatic N) is 3. The monoisotopic (exact) mass is 465 g/mol. The molecule has 2 heterocycles. The number of nitrogens with one attached hydrogen (secondary N) is 1. The molecule has 2 aromatic heterocycles. The molecule has 0 bridgehead atoms. The topological polar surface area (TPSA) is 70.8 Å². The van der Waals surface area contributed by atoms with E-state index >= 15 is 0 Å². The summed E-state index contributed by atoms with van der Waals surface area (Å²) in [5, 5.41) is 0.967. The third-order valence-electron chi connectivity index (χ3n) is 6.52. The van der Waals surface area contributed by atoms with Crippen LogP contribution in [0.2, 0.25) is 0 Å². The van der Waals surface area contributed by atoms with Crippen LogP contribution in [0.4, 0.5) is 16.0 Å². The predicted octanol–water partition coefficient (Wildman–Crippen LogP) is 6.21. The standard InChI is InChI=1S/C29H28FN5/c1-19-12-13-25(30)29-28(19)23(20(2)34-29)14-15-35(27-16-26(31)32-18-33-27)17-22-10-6-7-11-24(22)21-8-4-3-5-9-21/h3-13,16,18,34H,14-15,17H2,1-2H3,(H2,31,32,33). The molecule has 0 radical (unpaired) electrons. The van der Waals surface area contributed by atoms with Crippen LogP contribution in [-0.4, -0.2) is 21.5 Å². The number of aromatic nitrogens is 3. The van der Waals surface area contributed by atoms with Gasteiger partial charge in [-0.15, -0.1) is 0 Å². The van der Waals surface area contributed by atoms with Crippen molar-refractivity contribution in [3.8, 4) is 11.1 Å². The highest BCUT2D eigenvalue weighted by Crippen LogP contribution is 2.30. The molecule has 3 aromatic carbocycles. The Hall–Kier alpha value is -4.19. The van der Waals surface area contributed by atoms with Gasteiger partial charge in [-0.3, -0.25) is 0 Å². The van der Waals surface area contributed by atoms with Gasteiger partial charge in [-0.1, -0.05) is 60.7 Å². The molecule has 0 fully saturated rings. The molecule has 5 aromatic rings. The van der Waals surface area contributed by atoms with Gasteiger partial charge in [0.2, 0.25) is 0 Å². The van der Waals surface area contributed by atoms with Gasteiger partial charge in [0, 0.05) is 30.2 Å². The highest BCUT2D eigenvalue weighted by atomic mass is 19.1. The Balaban J connectivity index is 1.51. The molecule has 5 rings (SSSR count). The van der Waals surface area contributed by atoms with Crippen LogP contribution in [0, 0.1) is 19.7 Å². The second-order valence-electron chi connectivity index (χ2n) is 8.84. The number of fused-ring (bicyclic) bond motifs is 1. The smallest absolute Gasteiger partial charge is 0.147 e. The molecular weight excluding hydrogens is 437 g/mol. The van der Waals surface area contributed by atoms with Crippen LogP contribution in [0.1, 0.15) is 22.4 Å². The molecule has 5 nitrogen and oxygen atoms in total. The average Bonchev–Trinajstić information content (AvgIpc) is 3.22. The molecule has 0 saturated carbocycles. The van der Waals surface area contributed by atoms with E-state index in [1.165, 1.54) is 29.1 Å². The van der Waals surface area contributed by atoms with Gasteiger partial charge in [-0.25, -0.2) is 14.4 Å². The van der Waals surface area contributed by atoms with Gasteiger partial charge in [0.05, 0.1) is 5.52 Å². The minimum absolute atomic E-state index is 0.225. The first-order chi connectivity index (χ1) is 17.0. The summed E-state index contributed by atoms with van der Waals surface area (Å²) in [6.07, 6.45) is 2.23. The lowest BCUT2D eigenvalue weighted by Gasteiger charge is -2.25. The Morgan fingerprint density at radius 2 is 1.71 bits per heavy atom. The average molecular weight is 466 g/mol. The Morgan fingerprint density at radius 1 is 0.943 bits per heavy atom. The lowest BCUT2D eigenvalue weighted by atomic mass is 9.99. The van der Waals surface area contributed by atoms with Crippen LogP contribution in [0.15, 0.2) is 79.1 Å². The third kappa shape index (κ3) is 4.60. The molecule has 0 amide bonds. The van der Waals surface area contributed by atoms with Crippen molar-refractivity contribution in [1.29, 1.82) is 0 Å². The van der Waals surface area contributed by atoms with Gasteiger partial charge in [0.1, 0.15) is 23.8 Å². The number of hydrogen-bond acceptors (Lipinski definition) is 4. The number of H-pyrrole nitrogens is 1. The van der Waals surface area contributed by atoms with Crippen LogP contribution in [-0.2, 0) is 13.0 Å². The molecule has 0 atom stereocenters. The second-order valence-corrected chi connectivity index (χ2v) is 8.84.